The SMILES string of the molecule is O=C(NCc1cccnc1)C(=O)NCc1cccnc1. The number of carbonyl (C=O) groups excluding carboxylic acids is 2. The van der Waals surface area contributed by atoms with Gasteiger partial charge in [0.1, 0.15) is 0 Å². The summed E-state index contributed by atoms with van der Waals surface area (Å²) in [6.07, 6.45) is 6.56. The molecule has 0 fully saturated rings. The molecule has 0 saturated heterocycles. The van der Waals surface area contributed by atoms with Crippen molar-refractivity contribution in [2.45, 2.75) is 13.1 Å². The van der Waals surface area contributed by atoms with Crippen LogP contribution >= 0.6 is 0 Å². The summed E-state index contributed by atoms with van der Waals surface area (Å²) in [4.78, 5) is 31.0. The van der Waals surface area contributed by atoms with Crippen LogP contribution < -0.4 is 10.6 Å². The molecule has 0 atom stereocenters. The van der Waals surface area contributed by atoms with Crippen molar-refractivity contribution in [2.75, 3.05) is 0 Å². The van der Waals surface area contributed by atoms with E-state index in [1.54, 1.807) is 36.9 Å². The molecule has 20 heavy (non-hydrogen) atoms. The number of hydrogen-bond acceptors (Lipinski definition) is 4. The average Bonchev–Trinajstić information content (AvgIpc) is 2.52. The van der Waals surface area contributed by atoms with Gasteiger partial charge in [0.15, 0.2) is 0 Å². The van der Waals surface area contributed by atoms with Crippen molar-refractivity contribution >= 4 is 11.8 Å². The van der Waals surface area contributed by atoms with Gasteiger partial charge in [-0.3, -0.25) is 19.6 Å². The van der Waals surface area contributed by atoms with Crippen molar-refractivity contribution in [3.63, 3.8) is 0 Å². The monoisotopic (exact) mass is 270 g/mol. The molecule has 2 amide bonds. The van der Waals surface area contributed by atoms with E-state index in [1.165, 1.54) is 0 Å². The molecule has 2 aromatic rings. The zero-order valence-corrected chi connectivity index (χ0v) is 10.7. The number of nitrogens with zero attached hydrogens (tertiary/aromatic N) is 2. The number of carbonyl (C=O) groups is 2. The van der Waals surface area contributed by atoms with Crippen LogP contribution in [0.1, 0.15) is 11.1 Å². The van der Waals surface area contributed by atoms with Gasteiger partial charge in [0, 0.05) is 37.9 Å². The molecule has 0 aromatic carbocycles. The third-order valence-electron chi connectivity index (χ3n) is 2.56. The lowest BCUT2D eigenvalue weighted by atomic mass is 10.3. The van der Waals surface area contributed by atoms with Crippen LogP contribution in [0, 0.1) is 0 Å². The fourth-order valence-electron chi connectivity index (χ4n) is 1.53. The topological polar surface area (TPSA) is 84.0 Å². The first-order valence-electron chi connectivity index (χ1n) is 6.09. The molecule has 6 nitrogen and oxygen atoms in total. The number of amides is 2. The smallest absolute Gasteiger partial charge is 0.309 e. The Morgan fingerprint density at radius 1 is 0.850 bits per heavy atom. The van der Waals surface area contributed by atoms with E-state index in [0.29, 0.717) is 0 Å². The van der Waals surface area contributed by atoms with Gasteiger partial charge in [-0.1, -0.05) is 12.1 Å². The predicted octanol–water partition coefficient (Wildman–Crippen LogP) is 0.409. The first-order valence-corrected chi connectivity index (χ1v) is 6.09. The quantitative estimate of drug-likeness (QED) is 0.788. The van der Waals surface area contributed by atoms with E-state index in [4.69, 9.17) is 0 Å². The number of pyridine rings is 2. The van der Waals surface area contributed by atoms with Gasteiger partial charge in [0.2, 0.25) is 0 Å². The van der Waals surface area contributed by atoms with Gasteiger partial charge < -0.3 is 10.6 Å². The summed E-state index contributed by atoms with van der Waals surface area (Å²) in [5.74, 6) is -1.34. The predicted molar refractivity (Wildman–Crippen MR) is 72.2 cm³/mol. The molecule has 0 unspecified atom stereocenters. The van der Waals surface area contributed by atoms with E-state index < -0.39 is 11.8 Å². The normalized spacial score (nSPS) is 9.80. The molecular weight excluding hydrogens is 256 g/mol. The molecule has 0 spiro atoms. The van der Waals surface area contributed by atoms with Crippen LogP contribution in [0.5, 0.6) is 0 Å². The van der Waals surface area contributed by atoms with E-state index in [1.807, 2.05) is 12.1 Å². The highest BCUT2D eigenvalue weighted by Crippen LogP contribution is 1.95. The Bertz CT molecular complexity index is 519. The summed E-state index contributed by atoms with van der Waals surface area (Å²) < 4.78 is 0. The summed E-state index contributed by atoms with van der Waals surface area (Å²) in [6.45, 7) is 0.542. The van der Waals surface area contributed by atoms with Crippen LogP contribution in [-0.2, 0) is 22.7 Å². The maximum Gasteiger partial charge on any atom is 0.309 e. The molecule has 0 bridgehead atoms. The molecule has 102 valence electrons. The lowest BCUT2D eigenvalue weighted by Gasteiger charge is -2.06. The molecule has 2 aromatic heterocycles. The molecule has 0 radical (unpaired) electrons. The van der Waals surface area contributed by atoms with Gasteiger partial charge in [-0.25, -0.2) is 0 Å². The molecule has 2 heterocycles. The second-order valence-corrected chi connectivity index (χ2v) is 4.09. The summed E-state index contributed by atoms with van der Waals surface area (Å²) in [5, 5.41) is 5.06. The van der Waals surface area contributed by atoms with Crippen LogP contribution in [0.3, 0.4) is 0 Å². The number of aromatic nitrogens is 2. The van der Waals surface area contributed by atoms with E-state index in [-0.39, 0.29) is 13.1 Å². The lowest BCUT2D eigenvalue weighted by molar-refractivity contribution is -0.139. The Kier molecular flexibility index (Phi) is 4.77. The van der Waals surface area contributed by atoms with E-state index >= 15 is 0 Å². The Labute approximate surface area is 116 Å². The average molecular weight is 270 g/mol. The Morgan fingerprint density at radius 2 is 1.30 bits per heavy atom. The fraction of sp³-hybridized carbons (Fsp3) is 0.143. The maximum atomic E-state index is 11.6. The second kappa shape index (κ2) is 6.98. The Morgan fingerprint density at radius 3 is 1.65 bits per heavy atom. The molecule has 2 rings (SSSR count). The van der Waals surface area contributed by atoms with Crippen LogP contribution in [0.25, 0.3) is 0 Å². The zero-order valence-electron chi connectivity index (χ0n) is 10.7. The van der Waals surface area contributed by atoms with Crippen LogP contribution in [0.2, 0.25) is 0 Å². The highest BCUT2D eigenvalue weighted by atomic mass is 16.2. The lowest BCUT2D eigenvalue weighted by Crippen LogP contribution is -2.39. The molecule has 0 aliphatic heterocycles. The number of rotatable bonds is 4. The summed E-state index contributed by atoms with van der Waals surface area (Å²) in [6, 6.07) is 7.18. The van der Waals surface area contributed by atoms with E-state index in [0.717, 1.165) is 11.1 Å². The highest BCUT2D eigenvalue weighted by Gasteiger charge is 2.12. The van der Waals surface area contributed by atoms with Crippen molar-refractivity contribution in [3.8, 4) is 0 Å². The van der Waals surface area contributed by atoms with Crippen molar-refractivity contribution in [3.05, 3.63) is 60.2 Å². The minimum Gasteiger partial charge on any atom is -0.344 e. The minimum atomic E-state index is -0.669. The Balaban J connectivity index is 1.76. The fourth-order valence-corrected chi connectivity index (χ4v) is 1.53. The van der Waals surface area contributed by atoms with Crippen LogP contribution in [-0.4, -0.2) is 21.8 Å². The first kappa shape index (κ1) is 13.7. The molecule has 0 saturated carbocycles. The maximum absolute atomic E-state index is 11.6. The van der Waals surface area contributed by atoms with Gasteiger partial charge in [-0.15, -0.1) is 0 Å². The van der Waals surface area contributed by atoms with Crippen molar-refractivity contribution in [1.29, 1.82) is 0 Å². The van der Waals surface area contributed by atoms with Crippen LogP contribution in [0.15, 0.2) is 49.1 Å². The van der Waals surface area contributed by atoms with Crippen LogP contribution in [0.4, 0.5) is 0 Å². The molecule has 2 N–H and O–H groups in total. The van der Waals surface area contributed by atoms with Gasteiger partial charge in [0.25, 0.3) is 0 Å². The summed E-state index contributed by atoms with van der Waals surface area (Å²) in [7, 11) is 0. The first-order chi connectivity index (χ1) is 9.75. The standard InChI is InChI=1S/C14H14N4O2/c19-13(17-9-11-3-1-5-15-7-11)14(20)18-10-12-4-2-6-16-8-12/h1-8H,9-10H2,(H,17,19)(H,18,20). The minimum absolute atomic E-state index is 0.271. The summed E-state index contributed by atoms with van der Waals surface area (Å²) >= 11 is 0. The third kappa shape index (κ3) is 4.16. The highest BCUT2D eigenvalue weighted by molar-refractivity contribution is 6.35. The van der Waals surface area contributed by atoms with Gasteiger partial charge in [-0.2, -0.15) is 0 Å². The third-order valence-corrected chi connectivity index (χ3v) is 2.56. The molecule has 6 heteroatoms. The van der Waals surface area contributed by atoms with Gasteiger partial charge in [0.05, 0.1) is 0 Å². The van der Waals surface area contributed by atoms with E-state index in [2.05, 4.69) is 20.6 Å². The van der Waals surface area contributed by atoms with Crippen molar-refractivity contribution in [1.82, 2.24) is 20.6 Å². The zero-order chi connectivity index (χ0) is 14.2. The largest absolute Gasteiger partial charge is 0.344 e. The van der Waals surface area contributed by atoms with E-state index in [9.17, 15) is 9.59 Å². The number of hydrogen-bond donors (Lipinski definition) is 2. The van der Waals surface area contributed by atoms with Gasteiger partial charge >= 0.3 is 11.8 Å². The summed E-state index contributed by atoms with van der Waals surface area (Å²) in [5.41, 5.74) is 1.67. The molecule has 0 aliphatic rings. The number of nitrogens with one attached hydrogen (secondary N) is 2. The van der Waals surface area contributed by atoms with Gasteiger partial charge in [-0.05, 0) is 23.3 Å². The second-order valence-electron chi connectivity index (χ2n) is 4.09. The van der Waals surface area contributed by atoms with Crippen molar-refractivity contribution < 1.29 is 9.59 Å². The molecule has 0 aliphatic carbocycles. The Hall–Kier alpha value is -2.76. The molecular formula is C14H14N4O2. The van der Waals surface area contributed by atoms with Crippen molar-refractivity contribution in [2.24, 2.45) is 0 Å².